The maximum Gasteiger partial charge on any atom is 0.325 e. The van der Waals surface area contributed by atoms with Crippen LogP contribution in [0.4, 0.5) is 4.39 Å². The molecule has 0 spiro atoms. The second-order valence-electron chi connectivity index (χ2n) is 4.36. The third-order valence-electron chi connectivity index (χ3n) is 3.19. The molecule has 0 aromatic heterocycles. The monoisotopic (exact) mass is 237 g/mol. The zero-order chi connectivity index (χ0) is 12.3. The van der Waals surface area contributed by atoms with Crippen LogP contribution in [0.25, 0.3) is 0 Å². The molecule has 2 rings (SSSR count). The number of carboxylic acid groups (broad SMARTS) is 1. The van der Waals surface area contributed by atoms with Gasteiger partial charge in [-0.1, -0.05) is 24.6 Å². The van der Waals surface area contributed by atoms with Gasteiger partial charge in [-0.05, 0) is 32.0 Å². The molecule has 17 heavy (non-hydrogen) atoms. The lowest BCUT2D eigenvalue weighted by Crippen LogP contribution is -2.38. The maximum atomic E-state index is 13.7. The van der Waals surface area contributed by atoms with E-state index >= 15 is 0 Å². The summed E-state index contributed by atoms with van der Waals surface area (Å²) in [6.07, 6.45) is 3.09. The Balaban J connectivity index is 2.28. The first kappa shape index (κ1) is 12.0. The van der Waals surface area contributed by atoms with Crippen LogP contribution in [0.2, 0.25) is 0 Å². The minimum absolute atomic E-state index is 0.266. The standard InChI is InChI=1S/C13H16FNO2/c14-11-7-3-2-6-10(11)12(13(16)17)15-8-4-1-5-9-15/h2-3,6-7,12H,1,4-5,8-9H2,(H,16,17). The van der Waals surface area contributed by atoms with Crippen molar-refractivity contribution in [1.82, 2.24) is 4.90 Å². The Morgan fingerprint density at radius 2 is 1.88 bits per heavy atom. The van der Waals surface area contributed by atoms with Gasteiger partial charge in [-0.3, -0.25) is 9.69 Å². The molecule has 1 heterocycles. The summed E-state index contributed by atoms with van der Waals surface area (Å²) in [7, 11) is 0. The van der Waals surface area contributed by atoms with Crippen LogP contribution in [-0.4, -0.2) is 29.1 Å². The summed E-state index contributed by atoms with van der Waals surface area (Å²) >= 11 is 0. The second kappa shape index (κ2) is 5.27. The van der Waals surface area contributed by atoms with Crippen LogP contribution < -0.4 is 0 Å². The van der Waals surface area contributed by atoms with Gasteiger partial charge in [0.25, 0.3) is 0 Å². The molecule has 0 saturated carbocycles. The molecule has 3 nitrogen and oxygen atoms in total. The number of hydrogen-bond acceptors (Lipinski definition) is 2. The van der Waals surface area contributed by atoms with Crippen LogP contribution in [0.5, 0.6) is 0 Å². The lowest BCUT2D eigenvalue weighted by Gasteiger charge is -2.32. The highest BCUT2D eigenvalue weighted by atomic mass is 19.1. The molecule has 0 amide bonds. The van der Waals surface area contributed by atoms with E-state index in [-0.39, 0.29) is 5.56 Å². The predicted octanol–water partition coefficient (Wildman–Crippen LogP) is 2.44. The van der Waals surface area contributed by atoms with Gasteiger partial charge in [0.1, 0.15) is 11.9 Å². The Morgan fingerprint density at radius 3 is 2.47 bits per heavy atom. The van der Waals surface area contributed by atoms with E-state index in [9.17, 15) is 14.3 Å². The van der Waals surface area contributed by atoms with E-state index in [0.29, 0.717) is 0 Å². The molecule has 1 unspecified atom stereocenters. The molecular weight excluding hydrogens is 221 g/mol. The largest absolute Gasteiger partial charge is 0.480 e. The molecule has 1 saturated heterocycles. The summed E-state index contributed by atoms with van der Waals surface area (Å²) in [5.74, 6) is -1.41. The van der Waals surface area contributed by atoms with Crippen molar-refractivity contribution in [3.63, 3.8) is 0 Å². The van der Waals surface area contributed by atoms with Crippen LogP contribution >= 0.6 is 0 Å². The molecular formula is C13H16FNO2. The fraction of sp³-hybridized carbons (Fsp3) is 0.462. The number of benzene rings is 1. The van der Waals surface area contributed by atoms with Crippen LogP contribution in [-0.2, 0) is 4.79 Å². The van der Waals surface area contributed by atoms with E-state index in [1.165, 1.54) is 6.07 Å². The number of carboxylic acids is 1. The predicted molar refractivity (Wildman–Crippen MR) is 62.2 cm³/mol. The molecule has 1 fully saturated rings. The molecule has 92 valence electrons. The SMILES string of the molecule is O=C(O)C(c1ccccc1F)N1CCCCC1. The molecule has 4 heteroatoms. The first-order valence-electron chi connectivity index (χ1n) is 5.91. The van der Waals surface area contributed by atoms with Crippen LogP contribution in [0, 0.1) is 5.82 Å². The molecule has 0 bridgehead atoms. The molecule has 1 aromatic rings. The summed E-state index contributed by atoms with van der Waals surface area (Å²) < 4.78 is 13.7. The first-order valence-corrected chi connectivity index (χ1v) is 5.91. The summed E-state index contributed by atoms with van der Waals surface area (Å²) in [6, 6.07) is 5.28. The fourth-order valence-electron chi connectivity index (χ4n) is 2.36. The van der Waals surface area contributed by atoms with Gasteiger partial charge in [-0.2, -0.15) is 0 Å². The molecule has 1 aliphatic rings. The van der Waals surface area contributed by atoms with Gasteiger partial charge in [0.2, 0.25) is 0 Å². The normalized spacial score (nSPS) is 18.9. The van der Waals surface area contributed by atoms with E-state index < -0.39 is 17.8 Å². The van der Waals surface area contributed by atoms with Gasteiger partial charge < -0.3 is 5.11 Å². The van der Waals surface area contributed by atoms with E-state index in [1.807, 2.05) is 4.90 Å². The average Bonchev–Trinajstić information content (AvgIpc) is 2.33. The maximum absolute atomic E-state index is 13.7. The molecule has 1 atom stereocenters. The van der Waals surface area contributed by atoms with Crippen molar-refractivity contribution < 1.29 is 14.3 Å². The minimum atomic E-state index is -0.975. The van der Waals surface area contributed by atoms with Crippen LogP contribution in [0.1, 0.15) is 30.9 Å². The average molecular weight is 237 g/mol. The third-order valence-corrected chi connectivity index (χ3v) is 3.19. The Labute approximate surface area is 99.9 Å². The van der Waals surface area contributed by atoms with Crippen molar-refractivity contribution in [2.45, 2.75) is 25.3 Å². The number of rotatable bonds is 3. The van der Waals surface area contributed by atoms with Gasteiger partial charge in [-0.15, -0.1) is 0 Å². The van der Waals surface area contributed by atoms with Crippen molar-refractivity contribution in [2.75, 3.05) is 13.1 Å². The second-order valence-corrected chi connectivity index (χ2v) is 4.36. The molecule has 1 N–H and O–H groups in total. The van der Waals surface area contributed by atoms with Gasteiger partial charge in [0.15, 0.2) is 0 Å². The van der Waals surface area contributed by atoms with Crippen molar-refractivity contribution in [2.24, 2.45) is 0 Å². The topological polar surface area (TPSA) is 40.5 Å². The lowest BCUT2D eigenvalue weighted by molar-refractivity contribution is -0.144. The molecule has 1 aliphatic heterocycles. The number of likely N-dealkylation sites (tertiary alicyclic amines) is 1. The van der Waals surface area contributed by atoms with Crippen molar-refractivity contribution in [1.29, 1.82) is 0 Å². The highest BCUT2D eigenvalue weighted by Gasteiger charge is 2.30. The third kappa shape index (κ3) is 2.64. The van der Waals surface area contributed by atoms with Gasteiger partial charge in [-0.25, -0.2) is 4.39 Å². The first-order chi connectivity index (χ1) is 8.20. The van der Waals surface area contributed by atoms with E-state index in [4.69, 9.17) is 0 Å². The van der Waals surface area contributed by atoms with Crippen molar-refractivity contribution >= 4 is 5.97 Å². The fourth-order valence-corrected chi connectivity index (χ4v) is 2.36. The van der Waals surface area contributed by atoms with Gasteiger partial charge in [0, 0.05) is 5.56 Å². The zero-order valence-corrected chi connectivity index (χ0v) is 9.60. The van der Waals surface area contributed by atoms with E-state index in [2.05, 4.69) is 0 Å². The van der Waals surface area contributed by atoms with Crippen molar-refractivity contribution in [3.8, 4) is 0 Å². The summed E-state index contributed by atoms with van der Waals surface area (Å²) in [4.78, 5) is 13.2. The van der Waals surface area contributed by atoms with Gasteiger partial charge in [0.05, 0.1) is 0 Å². The minimum Gasteiger partial charge on any atom is -0.480 e. The number of halogens is 1. The quantitative estimate of drug-likeness (QED) is 0.877. The Bertz CT molecular complexity index is 402. The summed E-state index contributed by atoms with van der Waals surface area (Å²) in [5, 5.41) is 9.30. The zero-order valence-electron chi connectivity index (χ0n) is 9.60. The molecule has 1 aromatic carbocycles. The summed E-state index contributed by atoms with van der Waals surface area (Å²) in [6.45, 7) is 1.45. The summed E-state index contributed by atoms with van der Waals surface area (Å²) in [5.41, 5.74) is 0.266. The number of nitrogens with zero attached hydrogens (tertiary/aromatic N) is 1. The van der Waals surface area contributed by atoms with E-state index in [0.717, 1.165) is 32.4 Å². The van der Waals surface area contributed by atoms with Crippen molar-refractivity contribution in [3.05, 3.63) is 35.6 Å². The number of carbonyl (C=O) groups is 1. The highest BCUT2D eigenvalue weighted by Crippen LogP contribution is 2.26. The number of piperidine rings is 1. The molecule has 0 radical (unpaired) electrons. The Kier molecular flexibility index (Phi) is 3.74. The highest BCUT2D eigenvalue weighted by molar-refractivity contribution is 5.75. The number of hydrogen-bond donors (Lipinski definition) is 1. The smallest absolute Gasteiger partial charge is 0.325 e. The van der Waals surface area contributed by atoms with Crippen LogP contribution in [0.3, 0.4) is 0 Å². The van der Waals surface area contributed by atoms with Gasteiger partial charge >= 0.3 is 5.97 Å². The van der Waals surface area contributed by atoms with E-state index in [1.54, 1.807) is 18.2 Å². The molecule has 0 aliphatic carbocycles. The van der Waals surface area contributed by atoms with Crippen LogP contribution in [0.15, 0.2) is 24.3 Å². The number of aliphatic carboxylic acids is 1. The lowest BCUT2D eigenvalue weighted by atomic mass is 10.0. The Hall–Kier alpha value is -1.42. The Morgan fingerprint density at radius 1 is 1.24 bits per heavy atom.